The molecule has 230 valence electrons. The Kier molecular flexibility index (Phi) is 20.7. The van der Waals surface area contributed by atoms with Crippen LogP contribution in [0.2, 0.25) is 0 Å². The molecule has 0 aromatic heterocycles. The van der Waals surface area contributed by atoms with Crippen LogP contribution in [0.3, 0.4) is 0 Å². The predicted octanol–water partition coefficient (Wildman–Crippen LogP) is 11.1. The minimum Gasteiger partial charge on any atom is -0.387 e. The van der Waals surface area contributed by atoms with Crippen LogP contribution in [-0.4, -0.2) is 21.9 Å². The van der Waals surface area contributed by atoms with Gasteiger partial charge in [0.2, 0.25) is 0 Å². The third-order valence-corrected chi connectivity index (χ3v) is 6.39. The molecule has 0 radical (unpaired) electrons. The maximum absolute atomic E-state index is 9.87. The summed E-state index contributed by atoms with van der Waals surface area (Å²) >= 11 is 0. The van der Waals surface area contributed by atoms with E-state index >= 15 is 0 Å². The maximum Gasteiger partial charge on any atom is 0.101 e. The average Bonchev–Trinajstić information content (AvgIpc) is 2.89. The molecule has 0 rings (SSSR count). The summed E-state index contributed by atoms with van der Waals surface area (Å²) in [4.78, 5) is 0. The van der Waals surface area contributed by atoms with Crippen molar-refractivity contribution in [3.8, 4) is 0 Å². The lowest BCUT2D eigenvalue weighted by Gasteiger charge is -2.21. The molecule has 0 aromatic rings. The Hall–Kier alpha value is -3.20. The van der Waals surface area contributed by atoms with E-state index in [9.17, 15) is 10.2 Å². The van der Waals surface area contributed by atoms with E-state index in [1.54, 1.807) is 19.9 Å². The Bertz CT molecular complexity index is 1170. The van der Waals surface area contributed by atoms with Crippen LogP contribution in [0.25, 0.3) is 0 Å². The predicted molar refractivity (Wildman–Crippen MR) is 188 cm³/mol. The van der Waals surface area contributed by atoms with Crippen LogP contribution in [0.15, 0.2) is 142 Å². The van der Waals surface area contributed by atoms with Gasteiger partial charge >= 0.3 is 0 Å². The van der Waals surface area contributed by atoms with Gasteiger partial charge in [0, 0.05) is 0 Å². The maximum atomic E-state index is 9.87. The summed E-state index contributed by atoms with van der Waals surface area (Å²) in [5.41, 5.74) is 7.65. The molecule has 0 aromatic carbocycles. The van der Waals surface area contributed by atoms with Crippen molar-refractivity contribution in [2.24, 2.45) is 0 Å². The molecule has 0 amide bonds. The van der Waals surface area contributed by atoms with Gasteiger partial charge in [-0.3, -0.25) is 0 Å². The van der Waals surface area contributed by atoms with Crippen molar-refractivity contribution in [3.63, 3.8) is 0 Å². The molecule has 2 heteroatoms. The molecule has 42 heavy (non-hydrogen) atoms. The minimum atomic E-state index is -1.15. The SMILES string of the molecule is CC(C)=CCC/C(C)=C/CC/C(C)=C/C=C/C(C)=C/C=C/C=C(C)/C=C/C=C(C)/C=C/C=C(C)/C=C/C(O)C(C)(C)O. The Morgan fingerprint density at radius 2 is 0.952 bits per heavy atom. The molecule has 0 spiro atoms. The number of hydrogen-bond donors (Lipinski definition) is 2. The van der Waals surface area contributed by atoms with Gasteiger partial charge in [0.1, 0.15) is 6.10 Å². The molecule has 2 N–H and O–H groups in total. The molecule has 0 bridgehead atoms. The van der Waals surface area contributed by atoms with Gasteiger partial charge in [-0.05, 0) is 94.9 Å². The first-order valence-corrected chi connectivity index (χ1v) is 15.1. The quantitative estimate of drug-likeness (QED) is 0.135. The third kappa shape index (κ3) is 23.5. The van der Waals surface area contributed by atoms with Gasteiger partial charge in [-0.25, -0.2) is 0 Å². The van der Waals surface area contributed by atoms with Gasteiger partial charge < -0.3 is 10.2 Å². The molecule has 0 saturated carbocycles. The Morgan fingerprint density at radius 3 is 1.43 bits per heavy atom. The first-order chi connectivity index (χ1) is 19.7. The van der Waals surface area contributed by atoms with Crippen molar-refractivity contribution in [2.45, 2.75) is 107 Å². The van der Waals surface area contributed by atoms with Crippen LogP contribution < -0.4 is 0 Å². The first-order valence-electron chi connectivity index (χ1n) is 15.1. The van der Waals surface area contributed by atoms with Crippen LogP contribution in [0.1, 0.15) is 94.9 Å². The number of rotatable bonds is 17. The summed E-state index contributed by atoms with van der Waals surface area (Å²) in [5.74, 6) is 0. The highest BCUT2D eigenvalue weighted by Gasteiger charge is 2.21. The summed E-state index contributed by atoms with van der Waals surface area (Å²) in [6.45, 7) is 20.2. The monoisotopic (exact) mass is 570 g/mol. The highest BCUT2D eigenvalue weighted by Crippen LogP contribution is 2.12. The van der Waals surface area contributed by atoms with Gasteiger partial charge in [-0.2, -0.15) is 0 Å². The number of aliphatic hydroxyl groups is 2. The normalized spacial score (nSPS) is 16.3. The van der Waals surface area contributed by atoms with Crippen molar-refractivity contribution in [2.75, 3.05) is 0 Å². The lowest BCUT2D eigenvalue weighted by atomic mass is 10.0. The molecular formula is C40H58O2. The van der Waals surface area contributed by atoms with Gasteiger partial charge in [-0.1, -0.05) is 142 Å². The second kappa shape index (κ2) is 22.4. The molecule has 0 aliphatic carbocycles. The Morgan fingerprint density at radius 1 is 0.548 bits per heavy atom. The van der Waals surface area contributed by atoms with E-state index in [0.717, 1.165) is 36.8 Å². The molecule has 1 atom stereocenters. The van der Waals surface area contributed by atoms with E-state index in [0.29, 0.717) is 0 Å². The largest absolute Gasteiger partial charge is 0.387 e. The first kappa shape index (κ1) is 38.8. The average molecular weight is 571 g/mol. The van der Waals surface area contributed by atoms with Crippen molar-refractivity contribution in [1.29, 1.82) is 0 Å². The van der Waals surface area contributed by atoms with E-state index in [4.69, 9.17) is 0 Å². The summed E-state index contributed by atoms with van der Waals surface area (Å²) in [5, 5.41) is 19.7. The van der Waals surface area contributed by atoms with Crippen LogP contribution in [0.4, 0.5) is 0 Å². The van der Waals surface area contributed by atoms with Gasteiger partial charge in [-0.15, -0.1) is 0 Å². The molecule has 1 unspecified atom stereocenters. The van der Waals surface area contributed by atoms with Gasteiger partial charge in [0.25, 0.3) is 0 Å². The zero-order valence-electron chi connectivity index (χ0n) is 28.1. The zero-order chi connectivity index (χ0) is 32.0. The van der Waals surface area contributed by atoms with Gasteiger partial charge in [0.15, 0.2) is 0 Å². The molecule has 2 nitrogen and oxygen atoms in total. The van der Waals surface area contributed by atoms with Crippen molar-refractivity contribution < 1.29 is 10.2 Å². The van der Waals surface area contributed by atoms with E-state index in [1.807, 2.05) is 31.2 Å². The summed E-state index contributed by atoms with van der Waals surface area (Å²) < 4.78 is 0. The lowest BCUT2D eigenvalue weighted by Crippen LogP contribution is -2.34. The summed E-state index contributed by atoms with van der Waals surface area (Å²) in [7, 11) is 0. The second-order valence-electron chi connectivity index (χ2n) is 12.0. The summed E-state index contributed by atoms with van der Waals surface area (Å²) in [6.07, 6.45) is 38.8. The molecule has 0 aliphatic heterocycles. The zero-order valence-corrected chi connectivity index (χ0v) is 28.1. The van der Waals surface area contributed by atoms with E-state index in [1.165, 1.54) is 27.9 Å². The lowest BCUT2D eigenvalue weighted by molar-refractivity contribution is -0.0226. The van der Waals surface area contributed by atoms with Crippen LogP contribution >= 0.6 is 0 Å². The van der Waals surface area contributed by atoms with Crippen molar-refractivity contribution in [1.82, 2.24) is 0 Å². The fourth-order valence-electron chi connectivity index (χ4n) is 3.50. The molecule has 0 saturated heterocycles. The van der Waals surface area contributed by atoms with Gasteiger partial charge in [0.05, 0.1) is 5.60 Å². The highest BCUT2D eigenvalue weighted by atomic mass is 16.3. The smallest absolute Gasteiger partial charge is 0.101 e. The molecule has 0 heterocycles. The van der Waals surface area contributed by atoms with E-state index < -0.39 is 11.7 Å². The number of hydrogen-bond acceptors (Lipinski definition) is 2. The second-order valence-corrected chi connectivity index (χ2v) is 12.0. The fourth-order valence-corrected chi connectivity index (χ4v) is 3.50. The fraction of sp³-hybridized carbons (Fsp3) is 0.400. The van der Waals surface area contributed by atoms with Crippen LogP contribution in [-0.2, 0) is 0 Å². The van der Waals surface area contributed by atoms with Crippen molar-refractivity contribution in [3.05, 3.63) is 142 Å². The summed E-state index contributed by atoms with van der Waals surface area (Å²) in [6, 6.07) is 0. The Labute approximate surface area is 258 Å². The van der Waals surface area contributed by atoms with Crippen LogP contribution in [0, 0.1) is 0 Å². The van der Waals surface area contributed by atoms with Crippen molar-refractivity contribution >= 4 is 0 Å². The third-order valence-electron chi connectivity index (χ3n) is 6.39. The minimum absolute atomic E-state index is 0.897. The van der Waals surface area contributed by atoms with E-state index in [-0.39, 0.29) is 0 Å². The molecular weight excluding hydrogens is 512 g/mol. The topological polar surface area (TPSA) is 40.5 Å². The highest BCUT2D eigenvalue weighted by molar-refractivity contribution is 5.32. The molecule has 0 fully saturated rings. The standard InChI is InChI=1S/C40H58O2/c1-32(2)18-13-21-35(5)24-16-27-36(6)25-14-22-33(3)19-11-12-20-34(4)23-15-26-37(7)28-17-29-38(8)30-31-39(41)40(9,10)42/h11-12,14-15,17-20,22-26,28-31,39,41-42H,13,16,21,27H2,1-10H3/b12-11+,22-14+,23-15+,28-17+,31-30+,33-19+,34-20+,35-24+,36-25+,37-26+,38-29+. The molecule has 0 aliphatic rings. The number of allylic oxidation sites excluding steroid dienone is 23. The number of aliphatic hydroxyl groups excluding tert-OH is 1. The Balaban J connectivity index is 4.70. The van der Waals surface area contributed by atoms with E-state index in [2.05, 4.69) is 121 Å². The van der Waals surface area contributed by atoms with Crippen LogP contribution in [0.5, 0.6) is 0 Å².